The minimum absolute atomic E-state index is 0.0484. The standard InChI is InChI=1S/C17H14ClF3N2O5S/c1-27-11-3-2-4-12(8-11)29(25,26)22-9-16(17(19,20)21)13-7-10(18)5-6-14(13)23-15(24)28-16/h2-8,22H,9H2,1H3,(H,23,24). The Kier molecular flexibility index (Phi) is 5.41. The first-order valence-electron chi connectivity index (χ1n) is 7.99. The van der Waals surface area contributed by atoms with E-state index in [0.717, 1.165) is 12.1 Å². The number of nitrogens with one attached hydrogen (secondary N) is 2. The van der Waals surface area contributed by atoms with Gasteiger partial charge in [0.05, 0.1) is 24.2 Å². The topological polar surface area (TPSA) is 93.7 Å². The summed E-state index contributed by atoms with van der Waals surface area (Å²) in [6, 6.07) is 8.59. The molecule has 2 aromatic rings. The van der Waals surface area contributed by atoms with Crippen molar-refractivity contribution in [2.75, 3.05) is 19.0 Å². The second-order valence-electron chi connectivity index (χ2n) is 6.03. The van der Waals surface area contributed by atoms with Gasteiger partial charge in [0.15, 0.2) is 0 Å². The van der Waals surface area contributed by atoms with E-state index >= 15 is 0 Å². The lowest BCUT2D eigenvalue weighted by molar-refractivity contribution is -0.261. The van der Waals surface area contributed by atoms with E-state index in [2.05, 4.69) is 10.1 Å². The lowest BCUT2D eigenvalue weighted by Crippen LogP contribution is -2.56. The molecule has 29 heavy (non-hydrogen) atoms. The number of sulfonamides is 1. The summed E-state index contributed by atoms with van der Waals surface area (Å²) in [5.74, 6) is 0.198. The van der Waals surface area contributed by atoms with Crippen LogP contribution in [0.15, 0.2) is 47.4 Å². The van der Waals surface area contributed by atoms with Crippen LogP contribution < -0.4 is 14.8 Å². The highest BCUT2D eigenvalue weighted by Gasteiger charge is 2.62. The summed E-state index contributed by atoms with van der Waals surface area (Å²) in [5, 5.41) is 2.10. The van der Waals surface area contributed by atoms with Crippen molar-refractivity contribution in [3.8, 4) is 5.75 Å². The maximum Gasteiger partial charge on any atom is 0.434 e. The Morgan fingerprint density at radius 1 is 1.24 bits per heavy atom. The number of carbonyl (C=O) groups excluding carboxylic acids is 1. The fraction of sp³-hybridized carbons (Fsp3) is 0.235. The van der Waals surface area contributed by atoms with Gasteiger partial charge in [-0.3, -0.25) is 5.32 Å². The van der Waals surface area contributed by atoms with E-state index < -0.39 is 40.0 Å². The molecule has 3 rings (SSSR count). The number of methoxy groups -OCH3 is 1. The SMILES string of the molecule is COc1cccc(S(=O)(=O)NCC2(C(F)(F)F)OC(=O)Nc3ccc(Cl)cc32)c1. The number of fused-ring (bicyclic) bond motifs is 1. The highest BCUT2D eigenvalue weighted by Crippen LogP contribution is 2.48. The molecule has 1 aliphatic heterocycles. The number of amides is 1. The molecule has 0 aliphatic carbocycles. The number of carbonyl (C=O) groups is 1. The number of anilines is 1. The molecule has 156 valence electrons. The van der Waals surface area contributed by atoms with Gasteiger partial charge in [0.1, 0.15) is 5.75 Å². The fourth-order valence-electron chi connectivity index (χ4n) is 2.80. The summed E-state index contributed by atoms with van der Waals surface area (Å²) >= 11 is 5.82. The van der Waals surface area contributed by atoms with E-state index in [9.17, 15) is 26.4 Å². The van der Waals surface area contributed by atoms with Crippen molar-refractivity contribution in [3.63, 3.8) is 0 Å². The number of ether oxygens (including phenoxy) is 2. The Morgan fingerprint density at radius 3 is 2.62 bits per heavy atom. The van der Waals surface area contributed by atoms with E-state index in [0.29, 0.717) is 0 Å². The highest BCUT2D eigenvalue weighted by atomic mass is 35.5. The van der Waals surface area contributed by atoms with Gasteiger partial charge in [-0.1, -0.05) is 17.7 Å². The van der Waals surface area contributed by atoms with Gasteiger partial charge < -0.3 is 9.47 Å². The van der Waals surface area contributed by atoms with Crippen molar-refractivity contribution in [3.05, 3.63) is 53.1 Å². The van der Waals surface area contributed by atoms with E-state index in [1.54, 1.807) is 0 Å². The minimum atomic E-state index is -5.15. The Hall–Kier alpha value is -2.50. The van der Waals surface area contributed by atoms with Crippen molar-refractivity contribution < 1.29 is 35.9 Å². The highest BCUT2D eigenvalue weighted by molar-refractivity contribution is 7.89. The first-order chi connectivity index (χ1) is 13.5. The van der Waals surface area contributed by atoms with Gasteiger partial charge in [0.25, 0.3) is 0 Å². The summed E-state index contributed by atoms with van der Waals surface area (Å²) in [6.07, 6.45) is -6.53. The van der Waals surface area contributed by atoms with Crippen LogP contribution in [0, 0.1) is 0 Å². The van der Waals surface area contributed by atoms with Crippen LogP contribution >= 0.6 is 11.6 Å². The molecule has 0 saturated heterocycles. The summed E-state index contributed by atoms with van der Waals surface area (Å²) < 4.78 is 78.7. The number of cyclic esters (lactones) is 1. The van der Waals surface area contributed by atoms with E-state index in [4.69, 9.17) is 16.3 Å². The first-order valence-corrected chi connectivity index (χ1v) is 9.85. The number of hydrogen-bond acceptors (Lipinski definition) is 5. The molecule has 1 unspecified atom stereocenters. The van der Waals surface area contributed by atoms with Crippen LogP contribution in [0.5, 0.6) is 5.75 Å². The second-order valence-corrected chi connectivity index (χ2v) is 8.24. The summed E-state index contributed by atoms with van der Waals surface area (Å²) in [5.41, 5.74) is -3.99. The zero-order chi connectivity index (χ0) is 21.4. The molecule has 0 aromatic heterocycles. The van der Waals surface area contributed by atoms with Crippen molar-refractivity contribution in [1.29, 1.82) is 0 Å². The van der Waals surface area contributed by atoms with Crippen molar-refractivity contribution in [2.24, 2.45) is 0 Å². The van der Waals surface area contributed by atoms with Gasteiger partial charge >= 0.3 is 12.3 Å². The Morgan fingerprint density at radius 2 is 1.97 bits per heavy atom. The number of hydrogen-bond donors (Lipinski definition) is 2. The molecular weight excluding hydrogens is 437 g/mol. The number of alkyl halides is 3. The molecule has 2 aromatic carbocycles. The predicted octanol–water partition coefficient (Wildman–Crippen LogP) is 3.65. The van der Waals surface area contributed by atoms with E-state index in [1.165, 1.54) is 37.4 Å². The third-order valence-electron chi connectivity index (χ3n) is 4.24. The summed E-state index contributed by atoms with van der Waals surface area (Å²) in [4.78, 5) is 11.5. The Bertz CT molecular complexity index is 1060. The van der Waals surface area contributed by atoms with Gasteiger partial charge in [-0.15, -0.1) is 0 Å². The van der Waals surface area contributed by atoms with Crippen molar-refractivity contribution in [1.82, 2.24) is 4.72 Å². The van der Waals surface area contributed by atoms with Crippen molar-refractivity contribution in [2.45, 2.75) is 16.7 Å². The lowest BCUT2D eigenvalue weighted by atomic mass is 9.90. The Labute approximate surface area is 168 Å². The molecule has 7 nitrogen and oxygen atoms in total. The first kappa shape index (κ1) is 21.2. The molecule has 0 fully saturated rings. The van der Waals surface area contributed by atoms with E-state index in [1.807, 2.05) is 4.72 Å². The predicted molar refractivity (Wildman–Crippen MR) is 97.5 cm³/mol. The van der Waals surface area contributed by atoms with Crippen LogP contribution in [-0.2, 0) is 20.4 Å². The van der Waals surface area contributed by atoms with Crippen LogP contribution in [0.3, 0.4) is 0 Å². The second kappa shape index (κ2) is 7.39. The van der Waals surface area contributed by atoms with Crippen LogP contribution in [0.4, 0.5) is 23.7 Å². The molecule has 12 heteroatoms. The molecule has 0 bridgehead atoms. The molecule has 1 atom stereocenters. The summed E-state index contributed by atoms with van der Waals surface area (Å²) in [6.45, 7) is -1.29. The zero-order valence-electron chi connectivity index (χ0n) is 14.7. The van der Waals surface area contributed by atoms with Gasteiger partial charge in [-0.2, -0.15) is 13.2 Å². The maximum absolute atomic E-state index is 14.1. The van der Waals surface area contributed by atoms with Crippen LogP contribution in [0.25, 0.3) is 0 Å². The summed E-state index contributed by atoms with van der Waals surface area (Å²) in [7, 11) is -3.08. The fourth-order valence-corrected chi connectivity index (χ4v) is 4.06. The number of halogens is 4. The Balaban J connectivity index is 2.04. The molecule has 0 radical (unpaired) electrons. The van der Waals surface area contributed by atoms with Gasteiger partial charge in [-0.05, 0) is 30.3 Å². The van der Waals surface area contributed by atoms with Gasteiger partial charge in [-0.25, -0.2) is 17.9 Å². The molecule has 0 spiro atoms. The molecule has 1 amide bonds. The largest absolute Gasteiger partial charge is 0.497 e. The van der Waals surface area contributed by atoms with Crippen LogP contribution in [0.1, 0.15) is 5.56 Å². The van der Waals surface area contributed by atoms with Crippen molar-refractivity contribution >= 4 is 33.4 Å². The average molecular weight is 451 g/mol. The van der Waals surface area contributed by atoms with Gasteiger partial charge in [0.2, 0.25) is 15.6 Å². The third kappa shape index (κ3) is 3.98. The van der Waals surface area contributed by atoms with Gasteiger partial charge in [0, 0.05) is 16.7 Å². The maximum atomic E-state index is 14.1. The smallest absolute Gasteiger partial charge is 0.434 e. The number of rotatable bonds is 5. The zero-order valence-corrected chi connectivity index (χ0v) is 16.3. The molecule has 1 heterocycles. The van der Waals surface area contributed by atoms with Crippen LogP contribution in [0.2, 0.25) is 5.02 Å². The van der Waals surface area contributed by atoms with Crippen LogP contribution in [-0.4, -0.2) is 34.3 Å². The minimum Gasteiger partial charge on any atom is -0.497 e. The quantitative estimate of drug-likeness (QED) is 0.725. The average Bonchev–Trinajstić information content (AvgIpc) is 2.65. The van der Waals surface area contributed by atoms with E-state index in [-0.39, 0.29) is 21.4 Å². The monoisotopic (exact) mass is 450 g/mol. The normalized spacial score (nSPS) is 19.1. The molecule has 2 N–H and O–H groups in total. The number of benzene rings is 2. The molecule has 0 saturated carbocycles. The lowest BCUT2D eigenvalue weighted by Gasteiger charge is -2.39. The molecule has 1 aliphatic rings. The molecular formula is C17H14ClF3N2O5S. The third-order valence-corrected chi connectivity index (χ3v) is 5.87.